The standard InChI is InChI=1S/C32H63N3O5/c1-4-6-8-10-16-23-33-30(36)20-14-12-18-25-35(27-22-32(38)40-29-28-39-3)26-19-13-15-21-31(37)34-24-17-11-9-7-5-2/h4-29H2,1-3H3,(H,33,36)(H,34,37). The molecule has 0 saturated carbocycles. The molecule has 8 heteroatoms. The van der Waals surface area contributed by atoms with Gasteiger partial charge in [0.15, 0.2) is 0 Å². The van der Waals surface area contributed by atoms with Crippen LogP contribution in [-0.4, -0.2) is 75.7 Å². The molecule has 40 heavy (non-hydrogen) atoms. The summed E-state index contributed by atoms with van der Waals surface area (Å²) < 4.78 is 10.2. The van der Waals surface area contributed by atoms with Crippen molar-refractivity contribution in [3.05, 3.63) is 0 Å². The van der Waals surface area contributed by atoms with Gasteiger partial charge in [0, 0.05) is 39.6 Å². The first-order valence-corrected chi connectivity index (χ1v) is 16.4. The number of hydrogen-bond donors (Lipinski definition) is 2. The van der Waals surface area contributed by atoms with Gasteiger partial charge in [-0.3, -0.25) is 14.4 Å². The molecule has 0 bridgehead atoms. The van der Waals surface area contributed by atoms with Gasteiger partial charge in [-0.05, 0) is 51.6 Å². The molecule has 0 saturated heterocycles. The smallest absolute Gasteiger partial charge is 0.307 e. The number of unbranched alkanes of at least 4 members (excludes halogenated alkanes) is 12. The number of esters is 1. The molecule has 0 aliphatic carbocycles. The van der Waals surface area contributed by atoms with Gasteiger partial charge in [0.25, 0.3) is 0 Å². The quantitative estimate of drug-likeness (QED) is 0.0794. The van der Waals surface area contributed by atoms with Crippen LogP contribution in [0.1, 0.15) is 136 Å². The molecule has 0 aromatic carbocycles. The zero-order chi connectivity index (χ0) is 29.5. The highest BCUT2D eigenvalue weighted by molar-refractivity contribution is 5.76. The van der Waals surface area contributed by atoms with Gasteiger partial charge >= 0.3 is 5.97 Å². The molecule has 0 radical (unpaired) electrons. The number of nitrogens with zero attached hydrogens (tertiary/aromatic N) is 1. The number of hydrogen-bond acceptors (Lipinski definition) is 6. The molecule has 0 spiro atoms. The topological polar surface area (TPSA) is 97.0 Å². The minimum Gasteiger partial charge on any atom is -0.463 e. The molecular weight excluding hydrogens is 506 g/mol. The van der Waals surface area contributed by atoms with Crippen LogP contribution in [0, 0.1) is 0 Å². The van der Waals surface area contributed by atoms with Crippen molar-refractivity contribution < 1.29 is 23.9 Å². The monoisotopic (exact) mass is 569 g/mol. The van der Waals surface area contributed by atoms with E-state index in [1.165, 1.54) is 51.4 Å². The van der Waals surface area contributed by atoms with E-state index >= 15 is 0 Å². The van der Waals surface area contributed by atoms with E-state index in [0.717, 1.165) is 77.5 Å². The molecule has 8 nitrogen and oxygen atoms in total. The van der Waals surface area contributed by atoms with E-state index in [9.17, 15) is 14.4 Å². The van der Waals surface area contributed by atoms with Crippen LogP contribution >= 0.6 is 0 Å². The number of carbonyl (C=O) groups excluding carboxylic acids is 3. The molecule has 2 N–H and O–H groups in total. The summed E-state index contributed by atoms with van der Waals surface area (Å²) in [5, 5.41) is 6.09. The Balaban J connectivity index is 4.14. The summed E-state index contributed by atoms with van der Waals surface area (Å²) in [6, 6.07) is 0. The fourth-order valence-electron chi connectivity index (χ4n) is 4.58. The minimum absolute atomic E-state index is 0.159. The predicted molar refractivity (Wildman–Crippen MR) is 164 cm³/mol. The van der Waals surface area contributed by atoms with Crippen LogP contribution in [0.3, 0.4) is 0 Å². The molecule has 0 aliphatic rings. The molecule has 0 heterocycles. The Morgan fingerprint density at radius 3 is 1.50 bits per heavy atom. The lowest BCUT2D eigenvalue weighted by molar-refractivity contribution is -0.145. The van der Waals surface area contributed by atoms with E-state index < -0.39 is 0 Å². The summed E-state index contributed by atoms with van der Waals surface area (Å²) in [7, 11) is 1.59. The lowest BCUT2D eigenvalue weighted by Gasteiger charge is -2.22. The summed E-state index contributed by atoms with van der Waals surface area (Å²) in [4.78, 5) is 38.5. The first kappa shape index (κ1) is 38.3. The second kappa shape index (κ2) is 30.3. The highest BCUT2D eigenvalue weighted by atomic mass is 16.6. The summed E-state index contributed by atoms with van der Waals surface area (Å²) in [6.45, 7) is 9.18. The maximum atomic E-state index is 12.1. The Kier molecular flexibility index (Phi) is 29.0. The van der Waals surface area contributed by atoms with Crippen molar-refractivity contribution in [1.82, 2.24) is 15.5 Å². The van der Waals surface area contributed by atoms with Crippen LogP contribution in [-0.2, 0) is 23.9 Å². The molecular formula is C32H63N3O5. The molecule has 236 valence electrons. The first-order valence-electron chi connectivity index (χ1n) is 16.4. The number of ether oxygens (including phenoxy) is 2. The van der Waals surface area contributed by atoms with Crippen LogP contribution in [0.4, 0.5) is 0 Å². The molecule has 0 aliphatic heterocycles. The lowest BCUT2D eigenvalue weighted by Crippen LogP contribution is -2.29. The number of amides is 2. The van der Waals surface area contributed by atoms with E-state index in [-0.39, 0.29) is 24.4 Å². The Morgan fingerprint density at radius 2 is 1.02 bits per heavy atom. The Morgan fingerprint density at radius 1 is 0.550 bits per heavy atom. The average molecular weight is 570 g/mol. The van der Waals surface area contributed by atoms with Crippen molar-refractivity contribution in [2.75, 3.05) is 53.0 Å². The maximum absolute atomic E-state index is 12.1. The van der Waals surface area contributed by atoms with Gasteiger partial charge in [-0.1, -0.05) is 78.1 Å². The van der Waals surface area contributed by atoms with E-state index in [4.69, 9.17) is 9.47 Å². The van der Waals surface area contributed by atoms with Crippen LogP contribution in [0.5, 0.6) is 0 Å². The third-order valence-electron chi connectivity index (χ3n) is 7.14. The van der Waals surface area contributed by atoms with Crippen LogP contribution in [0.15, 0.2) is 0 Å². The zero-order valence-electron chi connectivity index (χ0n) is 26.4. The fraction of sp³-hybridized carbons (Fsp3) is 0.906. The van der Waals surface area contributed by atoms with Crippen molar-refractivity contribution >= 4 is 17.8 Å². The molecule has 0 aromatic heterocycles. The third kappa shape index (κ3) is 27.9. The van der Waals surface area contributed by atoms with Crippen molar-refractivity contribution in [2.24, 2.45) is 0 Å². The summed E-state index contributed by atoms with van der Waals surface area (Å²) in [5.74, 6) is 0.123. The second-order valence-electron chi connectivity index (χ2n) is 11.0. The summed E-state index contributed by atoms with van der Waals surface area (Å²) in [6.07, 6.45) is 19.4. The second-order valence-corrected chi connectivity index (χ2v) is 11.0. The highest BCUT2D eigenvalue weighted by Crippen LogP contribution is 2.08. The zero-order valence-corrected chi connectivity index (χ0v) is 26.4. The molecule has 0 unspecified atom stereocenters. The lowest BCUT2D eigenvalue weighted by atomic mass is 10.1. The Labute approximate surface area is 246 Å². The van der Waals surface area contributed by atoms with Gasteiger partial charge < -0.3 is 25.0 Å². The van der Waals surface area contributed by atoms with Gasteiger partial charge in [0.1, 0.15) is 6.61 Å². The SMILES string of the molecule is CCCCCCCNC(=O)CCCCCN(CCCCCC(=O)NCCCCCCC)CCC(=O)OCCOC. The fourth-order valence-corrected chi connectivity index (χ4v) is 4.58. The van der Waals surface area contributed by atoms with E-state index in [1.807, 2.05) is 0 Å². The van der Waals surface area contributed by atoms with E-state index in [1.54, 1.807) is 7.11 Å². The first-order chi connectivity index (χ1) is 19.5. The van der Waals surface area contributed by atoms with Gasteiger partial charge in [-0.25, -0.2) is 0 Å². The molecule has 0 rings (SSSR count). The molecule has 2 amide bonds. The van der Waals surface area contributed by atoms with Gasteiger partial charge in [-0.2, -0.15) is 0 Å². The number of carbonyl (C=O) groups is 3. The highest BCUT2D eigenvalue weighted by Gasteiger charge is 2.10. The molecule has 0 atom stereocenters. The van der Waals surface area contributed by atoms with E-state index in [2.05, 4.69) is 29.4 Å². The van der Waals surface area contributed by atoms with Crippen molar-refractivity contribution in [3.63, 3.8) is 0 Å². The van der Waals surface area contributed by atoms with Crippen LogP contribution in [0.2, 0.25) is 0 Å². The number of nitrogens with one attached hydrogen (secondary N) is 2. The van der Waals surface area contributed by atoms with Gasteiger partial charge in [0.05, 0.1) is 13.0 Å². The van der Waals surface area contributed by atoms with Crippen LogP contribution in [0.25, 0.3) is 0 Å². The van der Waals surface area contributed by atoms with Crippen molar-refractivity contribution in [1.29, 1.82) is 0 Å². The number of rotatable bonds is 30. The Bertz CT molecular complexity index is 565. The Hall–Kier alpha value is -1.67. The number of methoxy groups -OCH3 is 1. The van der Waals surface area contributed by atoms with Gasteiger partial charge in [0.2, 0.25) is 11.8 Å². The summed E-state index contributed by atoms with van der Waals surface area (Å²) >= 11 is 0. The molecule has 0 fully saturated rings. The largest absolute Gasteiger partial charge is 0.463 e. The van der Waals surface area contributed by atoms with Gasteiger partial charge in [-0.15, -0.1) is 0 Å². The predicted octanol–water partition coefficient (Wildman–Crippen LogP) is 6.16. The van der Waals surface area contributed by atoms with Crippen LogP contribution < -0.4 is 10.6 Å². The van der Waals surface area contributed by atoms with E-state index in [0.29, 0.717) is 32.4 Å². The van der Waals surface area contributed by atoms with Crippen molar-refractivity contribution in [3.8, 4) is 0 Å². The minimum atomic E-state index is -0.195. The average Bonchev–Trinajstić information content (AvgIpc) is 2.94. The summed E-state index contributed by atoms with van der Waals surface area (Å²) in [5.41, 5.74) is 0. The normalized spacial score (nSPS) is 11.1. The third-order valence-corrected chi connectivity index (χ3v) is 7.14. The maximum Gasteiger partial charge on any atom is 0.307 e. The van der Waals surface area contributed by atoms with Crippen molar-refractivity contribution in [2.45, 2.75) is 136 Å². The molecule has 0 aromatic rings.